The van der Waals surface area contributed by atoms with Gasteiger partial charge in [0.25, 0.3) is 11.8 Å². The molecule has 4 fully saturated rings. The molecule has 0 aromatic heterocycles. The number of benzene rings is 6. The molecule has 6 aromatic carbocycles. The second kappa shape index (κ2) is 25.6. The van der Waals surface area contributed by atoms with E-state index in [-0.39, 0.29) is 35.1 Å². The lowest BCUT2D eigenvalue weighted by molar-refractivity contribution is -0.118. The predicted octanol–water partition coefficient (Wildman–Crippen LogP) is 10.4. The summed E-state index contributed by atoms with van der Waals surface area (Å²) in [6, 6.07) is 34.5. The topological polar surface area (TPSA) is 173 Å². The number of ether oxygens (including phenoxy) is 2. The number of likely N-dealkylation sites (tertiary alicyclic amines) is 2. The number of ketones is 1. The molecule has 10 rings (SSSR count). The molecule has 13 nitrogen and oxygen atoms in total. The summed E-state index contributed by atoms with van der Waals surface area (Å²) < 4.78 is 38.1. The van der Waals surface area contributed by atoms with Crippen LogP contribution in [0.3, 0.4) is 0 Å². The molecular formula is C60H61Cl2F2N5O8. The summed E-state index contributed by atoms with van der Waals surface area (Å²) in [5.41, 5.74) is 4.79. The fourth-order valence-corrected chi connectivity index (χ4v) is 9.95. The van der Waals surface area contributed by atoms with Gasteiger partial charge < -0.3 is 45.3 Å². The van der Waals surface area contributed by atoms with Gasteiger partial charge in [0.15, 0.2) is 5.71 Å². The first-order valence-electron chi connectivity index (χ1n) is 26.1. The molecule has 6 aromatic rings. The van der Waals surface area contributed by atoms with Crippen LogP contribution < -0.4 is 20.1 Å². The van der Waals surface area contributed by atoms with Crippen molar-refractivity contribution in [2.75, 3.05) is 39.3 Å². The first-order valence-corrected chi connectivity index (χ1v) is 26.9. The largest absolute Gasteiger partial charge is 0.489 e. The Morgan fingerprint density at radius 1 is 0.545 bits per heavy atom. The van der Waals surface area contributed by atoms with E-state index in [1.165, 1.54) is 24.3 Å². The Hall–Kier alpha value is -6.72. The SMILES string of the molecule is O=C(N[C@H](CN1CCCC1)[C@H](O)c1ccc(OC2CC2)c(Cl)c1)/C(=N/O)c1ccc(-c2ccc(F)cc2)cc1.O=C(N[C@H](CN1CCCC1)[C@H](O)c1ccc(OC2CC2)c(Cl)c1)C(=O)c1ccc(-c2ccc(F)cc2)cc1. The molecule has 0 unspecified atom stereocenters. The molecule has 4 aliphatic rings. The summed E-state index contributed by atoms with van der Waals surface area (Å²) in [6.07, 6.45) is 6.51. The molecule has 2 saturated heterocycles. The summed E-state index contributed by atoms with van der Waals surface area (Å²) in [6.45, 7) is 4.31. The Morgan fingerprint density at radius 2 is 0.909 bits per heavy atom. The highest BCUT2D eigenvalue weighted by Gasteiger charge is 2.32. The van der Waals surface area contributed by atoms with Crippen LogP contribution in [0.5, 0.6) is 11.5 Å². The van der Waals surface area contributed by atoms with E-state index in [4.69, 9.17) is 32.7 Å². The maximum absolute atomic E-state index is 13.3. The highest BCUT2D eigenvalue weighted by atomic mass is 35.5. The van der Waals surface area contributed by atoms with Gasteiger partial charge in [0.1, 0.15) is 35.3 Å². The van der Waals surface area contributed by atoms with E-state index in [1.54, 1.807) is 109 Å². The summed E-state index contributed by atoms with van der Waals surface area (Å²) in [4.78, 5) is 43.7. The van der Waals surface area contributed by atoms with Gasteiger partial charge in [-0.2, -0.15) is 0 Å². The van der Waals surface area contributed by atoms with Crippen molar-refractivity contribution >= 4 is 46.5 Å². The molecule has 0 bridgehead atoms. The number of Topliss-reactive ketones (excluding diaryl/α,β-unsaturated/α-hetero) is 1. The van der Waals surface area contributed by atoms with Gasteiger partial charge in [0, 0.05) is 24.2 Å². The normalized spacial score (nSPS) is 17.4. The average Bonchev–Trinajstić information content (AvgIpc) is 4.34. The van der Waals surface area contributed by atoms with Crippen LogP contribution in [0.2, 0.25) is 10.0 Å². The third kappa shape index (κ3) is 14.9. The lowest BCUT2D eigenvalue weighted by Crippen LogP contribution is -2.48. The zero-order valence-electron chi connectivity index (χ0n) is 42.3. The highest BCUT2D eigenvalue weighted by molar-refractivity contribution is 6.45. The number of oxime groups is 1. The molecule has 5 N–H and O–H groups in total. The van der Waals surface area contributed by atoms with Crippen molar-refractivity contribution in [3.8, 4) is 33.8 Å². The monoisotopic (exact) mass is 1090 g/mol. The number of halogens is 4. The molecule has 402 valence electrons. The van der Waals surface area contributed by atoms with Gasteiger partial charge in [-0.15, -0.1) is 0 Å². The molecule has 4 atom stereocenters. The molecule has 2 heterocycles. The molecule has 77 heavy (non-hydrogen) atoms. The number of hydrogen-bond donors (Lipinski definition) is 5. The van der Waals surface area contributed by atoms with Crippen molar-refractivity contribution in [3.05, 3.63) is 177 Å². The van der Waals surface area contributed by atoms with Crippen molar-refractivity contribution < 1.29 is 48.1 Å². The molecule has 2 amide bonds. The van der Waals surface area contributed by atoms with Crippen molar-refractivity contribution in [2.24, 2.45) is 5.16 Å². The minimum atomic E-state index is -1.07. The Morgan fingerprint density at radius 3 is 1.27 bits per heavy atom. The average molecular weight is 1090 g/mol. The minimum Gasteiger partial charge on any atom is -0.489 e. The lowest BCUT2D eigenvalue weighted by Gasteiger charge is -2.29. The summed E-state index contributed by atoms with van der Waals surface area (Å²) in [7, 11) is 0. The number of aliphatic hydroxyl groups is 2. The quantitative estimate of drug-likeness (QED) is 0.0163. The number of carbonyl (C=O) groups excluding carboxylic acids is 3. The van der Waals surface area contributed by atoms with Gasteiger partial charge in [0.2, 0.25) is 5.78 Å². The van der Waals surface area contributed by atoms with Gasteiger partial charge in [-0.25, -0.2) is 8.78 Å². The minimum absolute atomic E-state index is 0.175. The Kier molecular flexibility index (Phi) is 18.3. The van der Waals surface area contributed by atoms with Crippen molar-refractivity contribution in [3.63, 3.8) is 0 Å². The number of nitrogens with zero attached hydrogens (tertiary/aromatic N) is 3. The summed E-state index contributed by atoms with van der Waals surface area (Å²) in [5, 5.41) is 42.1. The predicted molar refractivity (Wildman–Crippen MR) is 292 cm³/mol. The van der Waals surface area contributed by atoms with Crippen molar-refractivity contribution in [1.29, 1.82) is 0 Å². The molecule has 0 spiro atoms. The Balaban J connectivity index is 0.000000188. The molecule has 2 aliphatic heterocycles. The zero-order chi connectivity index (χ0) is 54.0. The highest BCUT2D eigenvalue weighted by Crippen LogP contribution is 2.36. The van der Waals surface area contributed by atoms with E-state index in [2.05, 4.69) is 25.6 Å². The van der Waals surface area contributed by atoms with Crippen molar-refractivity contribution in [1.82, 2.24) is 20.4 Å². The first kappa shape index (κ1) is 55.0. The lowest BCUT2D eigenvalue weighted by atomic mass is 9.99. The third-order valence-electron chi connectivity index (χ3n) is 14.1. The van der Waals surface area contributed by atoms with Crippen LogP contribution in [0.15, 0.2) is 139 Å². The molecular weight excluding hydrogens is 1030 g/mol. The fraction of sp³-hybridized carbons (Fsp3) is 0.333. The number of amides is 2. The molecule has 2 aliphatic carbocycles. The van der Waals surface area contributed by atoms with E-state index < -0.39 is 41.9 Å². The van der Waals surface area contributed by atoms with E-state index in [0.29, 0.717) is 51.3 Å². The number of rotatable bonds is 20. The van der Waals surface area contributed by atoms with E-state index in [1.807, 2.05) is 0 Å². The second-order valence-corrected chi connectivity index (χ2v) is 20.8. The zero-order valence-corrected chi connectivity index (χ0v) is 43.8. The fourth-order valence-electron chi connectivity index (χ4n) is 9.48. The van der Waals surface area contributed by atoms with Gasteiger partial charge in [-0.1, -0.05) is 113 Å². The van der Waals surface area contributed by atoms with Crippen LogP contribution >= 0.6 is 23.2 Å². The number of carbonyl (C=O) groups is 3. The molecule has 0 radical (unpaired) electrons. The smallest absolute Gasteiger partial charge is 0.292 e. The Labute approximate surface area is 456 Å². The Bertz CT molecular complexity index is 3020. The number of hydrogen-bond acceptors (Lipinski definition) is 11. The van der Waals surface area contributed by atoms with E-state index in [9.17, 15) is 38.6 Å². The van der Waals surface area contributed by atoms with Crippen LogP contribution in [0.25, 0.3) is 22.3 Å². The number of aliphatic hydroxyl groups excluding tert-OH is 2. The van der Waals surface area contributed by atoms with Crippen LogP contribution in [0, 0.1) is 11.6 Å². The second-order valence-electron chi connectivity index (χ2n) is 20.0. The third-order valence-corrected chi connectivity index (χ3v) is 14.7. The van der Waals surface area contributed by atoms with Crippen LogP contribution in [0.1, 0.15) is 90.6 Å². The summed E-state index contributed by atoms with van der Waals surface area (Å²) >= 11 is 12.9. The number of nitrogens with one attached hydrogen (secondary N) is 2. The van der Waals surface area contributed by atoms with Gasteiger partial charge in [0.05, 0.1) is 34.3 Å². The van der Waals surface area contributed by atoms with Gasteiger partial charge in [-0.05, 0) is 159 Å². The van der Waals surface area contributed by atoms with Gasteiger partial charge in [-0.3, -0.25) is 14.4 Å². The van der Waals surface area contributed by atoms with Crippen molar-refractivity contribution in [2.45, 2.75) is 87.9 Å². The maximum atomic E-state index is 13.3. The standard InChI is InChI=1S/C30H31ClFN3O4.C30H30ClFN2O4/c31-25-17-22(9-14-27(25)39-24-12-13-24)29(36)26(18-35-15-1-2-16-35)33-30(37)28(34-38)21-5-3-19(4-6-21)20-7-10-23(32)11-8-20;31-25-17-22(9-14-27(25)38-24-12-13-24)28(35)26(18-34-15-1-2-16-34)33-30(37)29(36)21-5-3-19(4-6-21)20-7-10-23(32)11-8-20/h3-11,14,17,24,26,29,36,38H,1-2,12-13,15-16,18H2,(H,33,37);3-11,14,17,24,26,28,35H,1-2,12-13,15-16,18H2,(H,33,37)/b34-28+;/t26-,29-;26-,28-/m11/s1. The summed E-state index contributed by atoms with van der Waals surface area (Å²) in [5.74, 6) is -1.60. The van der Waals surface area contributed by atoms with Crippen LogP contribution in [-0.2, 0) is 9.59 Å². The molecule has 17 heteroatoms. The maximum Gasteiger partial charge on any atom is 0.292 e. The van der Waals surface area contributed by atoms with Gasteiger partial charge >= 0.3 is 0 Å². The van der Waals surface area contributed by atoms with Crippen LogP contribution in [0.4, 0.5) is 8.78 Å². The first-order chi connectivity index (χ1) is 37.3. The van der Waals surface area contributed by atoms with E-state index in [0.717, 1.165) is 99.8 Å². The van der Waals surface area contributed by atoms with Crippen LogP contribution in [-0.4, -0.2) is 112 Å². The molecule has 2 saturated carbocycles. The van der Waals surface area contributed by atoms with E-state index >= 15 is 0 Å².